The first-order valence-electron chi connectivity index (χ1n) is 6.09. The van der Waals surface area contributed by atoms with Crippen LogP contribution in [-0.4, -0.2) is 15.8 Å². The predicted octanol–water partition coefficient (Wildman–Crippen LogP) is 2.90. The highest BCUT2D eigenvalue weighted by molar-refractivity contribution is 5.96. The van der Waals surface area contributed by atoms with Crippen molar-refractivity contribution in [1.29, 1.82) is 0 Å². The number of nitrogens with zero attached hydrogens (tertiary/aromatic N) is 1. The lowest BCUT2D eigenvalue weighted by molar-refractivity contribution is -0.386. The summed E-state index contributed by atoms with van der Waals surface area (Å²) in [5.41, 5.74) is 0.452. The summed E-state index contributed by atoms with van der Waals surface area (Å²) in [6.45, 7) is 0. The standard InChI is InChI=1S/C15H13NO4/c17-14(11-6-2-1-3-7-11)10-15(18)12-8-4-5-9-13(12)16(19)20/h1-9,15,18H,10H2. The summed E-state index contributed by atoms with van der Waals surface area (Å²) in [5.74, 6) is -0.253. The fourth-order valence-electron chi connectivity index (χ4n) is 1.96. The third-order valence-corrected chi connectivity index (χ3v) is 2.97. The summed E-state index contributed by atoms with van der Waals surface area (Å²) in [5, 5.41) is 20.9. The Hall–Kier alpha value is -2.53. The number of carbonyl (C=O) groups excluding carboxylic acids is 1. The Morgan fingerprint density at radius 1 is 1.10 bits per heavy atom. The summed E-state index contributed by atoms with van der Waals surface area (Å²) < 4.78 is 0. The molecule has 2 rings (SSSR count). The van der Waals surface area contributed by atoms with Crippen molar-refractivity contribution in [2.45, 2.75) is 12.5 Å². The molecule has 0 saturated carbocycles. The molecule has 1 N–H and O–H groups in total. The SMILES string of the molecule is O=C(CC(O)c1ccccc1[N+](=O)[O-])c1ccccc1. The molecule has 0 heterocycles. The number of aliphatic hydroxyl groups excluding tert-OH is 1. The maximum atomic E-state index is 12.0. The van der Waals surface area contributed by atoms with Gasteiger partial charge in [0.2, 0.25) is 0 Å². The number of nitro benzene ring substituents is 1. The summed E-state index contributed by atoms with van der Waals surface area (Å²) in [4.78, 5) is 22.3. The fourth-order valence-corrected chi connectivity index (χ4v) is 1.96. The number of Topliss-reactive ketones (excluding diaryl/α,β-unsaturated/α-hetero) is 1. The van der Waals surface area contributed by atoms with E-state index in [0.29, 0.717) is 5.56 Å². The predicted molar refractivity (Wildman–Crippen MR) is 73.4 cm³/mol. The molecule has 0 aliphatic heterocycles. The van der Waals surface area contributed by atoms with E-state index in [1.165, 1.54) is 18.2 Å². The van der Waals surface area contributed by atoms with Crippen molar-refractivity contribution in [2.24, 2.45) is 0 Å². The maximum absolute atomic E-state index is 12.0. The Labute approximate surface area is 115 Å². The third kappa shape index (κ3) is 3.07. The van der Waals surface area contributed by atoms with Crippen LogP contribution in [0.5, 0.6) is 0 Å². The monoisotopic (exact) mass is 271 g/mol. The van der Waals surface area contributed by atoms with Crippen LogP contribution >= 0.6 is 0 Å². The minimum absolute atomic E-state index is 0.154. The van der Waals surface area contributed by atoms with Crippen molar-refractivity contribution in [2.75, 3.05) is 0 Å². The first-order valence-corrected chi connectivity index (χ1v) is 6.09. The van der Waals surface area contributed by atoms with Gasteiger partial charge in [-0.2, -0.15) is 0 Å². The lowest BCUT2D eigenvalue weighted by Crippen LogP contribution is -2.09. The highest BCUT2D eigenvalue weighted by atomic mass is 16.6. The molecule has 1 unspecified atom stereocenters. The quantitative estimate of drug-likeness (QED) is 0.515. The van der Waals surface area contributed by atoms with Crippen molar-refractivity contribution in [1.82, 2.24) is 0 Å². The Morgan fingerprint density at radius 2 is 1.70 bits per heavy atom. The minimum Gasteiger partial charge on any atom is -0.388 e. The smallest absolute Gasteiger partial charge is 0.275 e. The molecular weight excluding hydrogens is 258 g/mol. The van der Waals surface area contributed by atoms with Gasteiger partial charge in [-0.25, -0.2) is 0 Å². The van der Waals surface area contributed by atoms with Crippen LogP contribution in [0.15, 0.2) is 54.6 Å². The van der Waals surface area contributed by atoms with Crippen molar-refractivity contribution < 1.29 is 14.8 Å². The molecule has 0 aliphatic carbocycles. The molecule has 0 amide bonds. The number of ketones is 1. The molecule has 0 saturated heterocycles. The van der Waals surface area contributed by atoms with Crippen LogP contribution in [0.2, 0.25) is 0 Å². The molecule has 0 radical (unpaired) electrons. The van der Waals surface area contributed by atoms with Gasteiger partial charge in [-0.3, -0.25) is 14.9 Å². The zero-order valence-electron chi connectivity index (χ0n) is 10.6. The average Bonchev–Trinajstić information content (AvgIpc) is 2.48. The van der Waals surface area contributed by atoms with E-state index in [4.69, 9.17) is 0 Å². The number of hydrogen-bond acceptors (Lipinski definition) is 4. The van der Waals surface area contributed by atoms with Gasteiger partial charge in [0.25, 0.3) is 5.69 Å². The Morgan fingerprint density at radius 3 is 2.35 bits per heavy atom. The van der Waals surface area contributed by atoms with Crippen LogP contribution < -0.4 is 0 Å². The number of para-hydroxylation sites is 1. The van der Waals surface area contributed by atoms with Gasteiger partial charge in [0.05, 0.1) is 16.6 Å². The molecule has 0 fully saturated rings. The summed E-state index contributed by atoms with van der Waals surface area (Å²) >= 11 is 0. The molecule has 2 aromatic carbocycles. The van der Waals surface area contributed by atoms with Crippen LogP contribution in [0.4, 0.5) is 5.69 Å². The number of hydrogen-bond donors (Lipinski definition) is 1. The first-order chi connectivity index (χ1) is 9.59. The Bertz CT molecular complexity index is 625. The largest absolute Gasteiger partial charge is 0.388 e. The maximum Gasteiger partial charge on any atom is 0.275 e. The highest BCUT2D eigenvalue weighted by Gasteiger charge is 2.22. The van der Waals surface area contributed by atoms with Crippen LogP contribution in [-0.2, 0) is 0 Å². The normalized spacial score (nSPS) is 11.8. The molecule has 5 nitrogen and oxygen atoms in total. The van der Waals surface area contributed by atoms with Crippen LogP contribution in [0.25, 0.3) is 0 Å². The molecule has 0 aliphatic rings. The van der Waals surface area contributed by atoms with Crippen molar-refractivity contribution >= 4 is 11.5 Å². The zero-order valence-corrected chi connectivity index (χ0v) is 10.6. The number of rotatable bonds is 5. The van der Waals surface area contributed by atoms with Crippen molar-refractivity contribution in [3.05, 3.63) is 75.8 Å². The molecule has 0 bridgehead atoms. The number of aliphatic hydroxyl groups is 1. The van der Waals surface area contributed by atoms with E-state index >= 15 is 0 Å². The molecular formula is C15H13NO4. The van der Waals surface area contributed by atoms with Gasteiger partial charge in [-0.05, 0) is 6.07 Å². The number of nitro groups is 1. The average molecular weight is 271 g/mol. The van der Waals surface area contributed by atoms with E-state index in [1.54, 1.807) is 36.4 Å². The van der Waals surface area contributed by atoms with E-state index in [2.05, 4.69) is 0 Å². The molecule has 20 heavy (non-hydrogen) atoms. The molecule has 0 spiro atoms. The van der Waals surface area contributed by atoms with Crippen LogP contribution in [0.1, 0.15) is 28.4 Å². The molecule has 1 atom stereocenters. The molecule has 102 valence electrons. The number of carbonyl (C=O) groups is 1. The van der Waals surface area contributed by atoms with E-state index < -0.39 is 11.0 Å². The molecule has 5 heteroatoms. The molecule has 0 aromatic heterocycles. The van der Waals surface area contributed by atoms with Gasteiger partial charge < -0.3 is 5.11 Å². The van der Waals surface area contributed by atoms with Gasteiger partial charge in [0, 0.05) is 18.1 Å². The van der Waals surface area contributed by atoms with Crippen LogP contribution in [0.3, 0.4) is 0 Å². The van der Waals surface area contributed by atoms with Gasteiger partial charge in [-0.1, -0.05) is 42.5 Å². The second-order valence-corrected chi connectivity index (χ2v) is 4.33. The highest BCUT2D eigenvalue weighted by Crippen LogP contribution is 2.27. The van der Waals surface area contributed by atoms with E-state index in [1.807, 2.05) is 0 Å². The minimum atomic E-state index is -1.19. The Kier molecular flexibility index (Phi) is 4.22. The Balaban J connectivity index is 2.19. The lowest BCUT2D eigenvalue weighted by atomic mass is 9.99. The third-order valence-electron chi connectivity index (χ3n) is 2.97. The van der Waals surface area contributed by atoms with Gasteiger partial charge in [0.1, 0.15) is 0 Å². The summed E-state index contributed by atoms with van der Waals surface area (Å²) in [6.07, 6.45) is -1.38. The van der Waals surface area contributed by atoms with E-state index in [-0.39, 0.29) is 23.5 Å². The van der Waals surface area contributed by atoms with E-state index in [9.17, 15) is 20.0 Å². The van der Waals surface area contributed by atoms with Crippen molar-refractivity contribution in [3.63, 3.8) is 0 Å². The first kappa shape index (κ1) is 13.9. The van der Waals surface area contributed by atoms with Crippen LogP contribution in [0, 0.1) is 10.1 Å². The molecule has 2 aromatic rings. The van der Waals surface area contributed by atoms with Gasteiger partial charge in [0.15, 0.2) is 5.78 Å². The number of benzene rings is 2. The topological polar surface area (TPSA) is 80.4 Å². The van der Waals surface area contributed by atoms with Crippen molar-refractivity contribution in [3.8, 4) is 0 Å². The second kappa shape index (κ2) is 6.08. The van der Waals surface area contributed by atoms with Gasteiger partial charge >= 0.3 is 0 Å². The summed E-state index contributed by atoms with van der Waals surface area (Å²) in [6, 6.07) is 14.4. The van der Waals surface area contributed by atoms with E-state index in [0.717, 1.165) is 0 Å². The fraction of sp³-hybridized carbons (Fsp3) is 0.133. The van der Waals surface area contributed by atoms with Gasteiger partial charge in [-0.15, -0.1) is 0 Å². The summed E-state index contributed by atoms with van der Waals surface area (Å²) in [7, 11) is 0. The lowest BCUT2D eigenvalue weighted by Gasteiger charge is -2.10. The zero-order chi connectivity index (χ0) is 14.5. The second-order valence-electron chi connectivity index (χ2n) is 4.33.